The van der Waals surface area contributed by atoms with Crippen molar-refractivity contribution >= 4 is 34.8 Å². The van der Waals surface area contributed by atoms with Crippen molar-refractivity contribution in [2.45, 2.75) is 19.3 Å². The van der Waals surface area contributed by atoms with Crippen LogP contribution in [0.25, 0.3) is 0 Å². The average Bonchev–Trinajstić information content (AvgIpc) is 2.42. The van der Waals surface area contributed by atoms with E-state index in [-0.39, 0.29) is 11.8 Å². The van der Waals surface area contributed by atoms with Gasteiger partial charge in [-0.3, -0.25) is 4.79 Å². The number of fused-ring (bicyclic) bond motifs is 1. The first-order chi connectivity index (χ1) is 7.06. The summed E-state index contributed by atoms with van der Waals surface area (Å²) < 4.78 is 0. The van der Waals surface area contributed by atoms with E-state index >= 15 is 0 Å². The first-order valence-electron chi connectivity index (χ1n) is 4.82. The van der Waals surface area contributed by atoms with Crippen molar-refractivity contribution in [3.8, 4) is 0 Å². The van der Waals surface area contributed by atoms with Gasteiger partial charge in [0.2, 0.25) is 5.91 Å². The molecule has 0 saturated heterocycles. The van der Waals surface area contributed by atoms with Crippen LogP contribution in [-0.4, -0.2) is 13.0 Å². The number of carbonyl (C=O) groups is 1. The van der Waals surface area contributed by atoms with Crippen LogP contribution < -0.4 is 4.90 Å². The zero-order valence-corrected chi connectivity index (χ0v) is 10.1. The second-order valence-electron chi connectivity index (χ2n) is 3.68. The number of amides is 1. The third kappa shape index (κ3) is 1.52. The molecule has 2 nitrogen and oxygen atoms in total. The van der Waals surface area contributed by atoms with Crippen LogP contribution in [0.3, 0.4) is 0 Å². The molecule has 1 amide bonds. The van der Waals surface area contributed by atoms with Crippen molar-refractivity contribution in [1.82, 2.24) is 0 Å². The highest BCUT2D eigenvalue weighted by atomic mass is 35.5. The van der Waals surface area contributed by atoms with E-state index in [1.165, 1.54) is 0 Å². The van der Waals surface area contributed by atoms with Gasteiger partial charge in [-0.15, -0.1) is 0 Å². The van der Waals surface area contributed by atoms with Gasteiger partial charge < -0.3 is 4.90 Å². The normalized spacial score (nSPS) is 19.6. The maximum atomic E-state index is 11.9. The topological polar surface area (TPSA) is 20.3 Å². The molecule has 1 aromatic carbocycles. The highest BCUT2D eigenvalue weighted by Gasteiger charge is 2.35. The van der Waals surface area contributed by atoms with Gasteiger partial charge in [0, 0.05) is 22.7 Å². The van der Waals surface area contributed by atoms with E-state index in [4.69, 9.17) is 23.2 Å². The number of carbonyl (C=O) groups excluding carboxylic acids is 1. The molecule has 1 aromatic rings. The second kappa shape index (κ2) is 3.69. The number of anilines is 1. The number of hydrogen-bond acceptors (Lipinski definition) is 1. The largest absolute Gasteiger partial charge is 0.315 e. The molecule has 0 radical (unpaired) electrons. The Morgan fingerprint density at radius 2 is 2.07 bits per heavy atom. The first kappa shape index (κ1) is 10.8. The summed E-state index contributed by atoms with van der Waals surface area (Å²) >= 11 is 12.0. The van der Waals surface area contributed by atoms with Crippen LogP contribution >= 0.6 is 23.2 Å². The van der Waals surface area contributed by atoms with Gasteiger partial charge in [-0.05, 0) is 18.6 Å². The summed E-state index contributed by atoms with van der Waals surface area (Å²) in [7, 11) is 1.75. The molecule has 1 heterocycles. The van der Waals surface area contributed by atoms with E-state index in [9.17, 15) is 4.79 Å². The van der Waals surface area contributed by atoms with Gasteiger partial charge in [0.05, 0.1) is 11.6 Å². The smallest absolute Gasteiger partial charge is 0.234 e. The lowest BCUT2D eigenvalue weighted by Crippen LogP contribution is -2.23. The molecule has 0 fully saturated rings. The van der Waals surface area contributed by atoms with Crippen LogP contribution in [-0.2, 0) is 4.79 Å². The van der Waals surface area contributed by atoms with E-state index in [0.717, 1.165) is 17.7 Å². The Morgan fingerprint density at radius 3 is 2.67 bits per heavy atom. The van der Waals surface area contributed by atoms with E-state index in [0.29, 0.717) is 10.0 Å². The van der Waals surface area contributed by atoms with Crippen molar-refractivity contribution in [2.24, 2.45) is 0 Å². The van der Waals surface area contributed by atoms with Gasteiger partial charge in [-0.2, -0.15) is 0 Å². The predicted molar refractivity (Wildman–Crippen MR) is 62.9 cm³/mol. The Kier molecular flexibility index (Phi) is 2.65. The summed E-state index contributed by atoms with van der Waals surface area (Å²) in [5.74, 6) is -0.0218. The maximum Gasteiger partial charge on any atom is 0.234 e. The first-order valence-corrected chi connectivity index (χ1v) is 5.58. The van der Waals surface area contributed by atoms with Crippen LogP contribution in [0.2, 0.25) is 10.0 Å². The van der Waals surface area contributed by atoms with Gasteiger partial charge in [-0.1, -0.05) is 30.1 Å². The fraction of sp³-hybridized carbons (Fsp3) is 0.364. The third-order valence-corrected chi connectivity index (χ3v) is 3.35. The Labute approximate surface area is 98.8 Å². The fourth-order valence-corrected chi connectivity index (χ4v) is 2.66. The fourth-order valence-electron chi connectivity index (χ4n) is 2.05. The van der Waals surface area contributed by atoms with Crippen LogP contribution in [0.1, 0.15) is 24.8 Å². The van der Waals surface area contributed by atoms with Crippen LogP contribution in [0.4, 0.5) is 5.69 Å². The quantitative estimate of drug-likeness (QED) is 0.740. The van der Waals surface area contributed by atoms with E-state index in [1.54, 1.807) is 24.1 Å². The van der Waals surface area contributed by atoms with Crippen molar-refractivity contribution < 1.29 is 4.79 Å². The lowest BCUT2D eigenvalue weighted by atomic mass is 9.98. The van der Waals surface area contributed by atoms with Gasteiger partial charge in [-0.25, -0.2) is 0 Å². The molecule has 1 unspecified atom stereocenters. The molecule has 0 aliphatic carbocycles. The molecule has 0 aromatic heterocycles. The molecule has 0 spiro atoms. The minimum atomic E-state index is -0.116. The number of rotatable bonds is 1. The van der Waals surface area contributed by atoms with Crippen molar-refractivity contribution in [3.05, 3.63) is 27.7 Å². The lowest BCUT2D eigenvalue weighted by molar-refractivity contribution is -0.119. The third-order valence-electron chi connectivity index (χ3n) is 2.82. The number of benzene rings is 1. The Hall–Kier alpha value is -0.730. The van der Waals surface area contributed by atoms with Gasteiger partial charge >= 0.3 is 0 Å². The zero-order valence-electron chi connectivity index (χ0n) is 8.55. The van der Waals surface area contributed by atoms with E-state index in [1.807, 2.05) is 6.92 Å². The highest BCUT2D eigenvalue weighted by Crippen LogP contribution is 2.43. The molecule has 0 N–H and O–H groups in total. The minimum Gasteiger partial charge on any atom is -0.315 e. The molecule has 1 aliphatic heterocycles. The van der Waals surface area contributed by atoms with Gasteiger partial charge in [0.1, 0.15) is 0 Å². The van der Waals surface area contributed by atoms with E-state index < -0.39 is 0 Å². The molecule has 15 heavy (non-hydrogen) atoms. The van der Waals surface area contributed by atoms with Crippen LogP contribution in [0.5, 0.6) is 0 Å². The second-order valence-corrected chi connectivity index (χ2v) is 4.52. The number of nitrogens with zero attached hydrogens (tertiary/aromatic N) is 1. The Morgan fingerprint density at radius 1 is 1.40 bits per heavy atom. The SMILES string of the molecule is CCC1C(=O)N(C)c2cc(Cl)cc(Cl)c21. The van der Waals surface area contributed by atoms with Gasteiger partial charge in [0.25, 0.3) is 0 Å². The average molecular weight is 244 g/mol. The maximum absolute atomic E-state index is 11.9. The molecule has 0 bridgehead atoms. The highest BCUT2D eigenvalue weighted by molar-refractivity contribution is 6.36. The number of halogens is 2. The molecule has 80 valence electrons. The summed E-state index contributed by atoms with van der Waals surface area (Å²) in [6.07, 6.45) is 0.761. The van der Waals surface area contributed by atoms with E-state index in [2.05, 4.69) is 0 Å². The molecule has 4 heteroatoms. The van der Waals surface area contributed by atoms with Crippen molar-refractivity contribution in [1.29, 1.82) is 0 Å². The lowest BCUT2D eigenvalue weighted by Gasteiger charge is -2.10. The standard InChI is InChI=1S/C11H11Cl2NO/c1-3-7-10-8(13)4-6(12)5-9(10)14(2)11(7)15/h4-5,7H,3H2,1-2H3. The molecule has 1 aliphatic rings. The summed E-state index contributed by atoms with van der Waals surface area (Å²) in [6.45, 7) is 1.98. The van der Waals surface area contributed by atoms with Crippen molar-refractivity contribution in [3.63, 3.8) is 0 Å². The minimum absolute atomic E-state index is 0.0941. The molecule has 2 rings (SSSR count). The van der Waals surface area contributed by atoms with Crippen molar-refractivity contribution in [2.75, 3.05) is 11.9 Å². The summed E-state index contributed by atoms with van der Waals surface area (Å²) in [5.41, 5.74) is 1.75. The molecular weight excluding hydrogens is 233 g/mol. The van der Waals surface area contributed by atoms with Gasteiger partial charge in [0.15, 0.2) is 0 Å². The summed E-state index contributed by atoms with van der Waals surface area (Å²) in [5, 5.41) is 1.15. The van der Waals surface area contributed by atoms with Crippen LogP contribution in [0, 0.1) is 0 Å². The Balaban J connectivity index is 2.65. The number of likely N-dealkylation sites (N-methyl/N-ethyl adjacent to an activating group) is 1. The zero-order chi connectivity index (χ0) is 11.2. The molecule has 1 atom stereocenters. The summed E-state index contributed by atoms with van der Waals surface area (Å²) in [4.78, 5) is 13.5. The monoisotopic (exact) mass is 243 g/mol. The van der Waals surface area contributed by atoms with Crippen LogP contribution in [0.15, 0.2) is 12.1 Å². The Bertz CT molecular complexity index is 431. The molecular formula is C11H11Cl2NO. The molecule has 0 saturated carbocycles. The summed E-state index contributed by atoms with van der Waals surface area (Å²) in [6, 6.07) is 3.48. The number of hydrogen-bond donors (Lipinski definition) is 0. The predicted octanol–water partition coefficient (Wildman–Crippen LogP) is 3.46.